The minimum absolute atomic E-state index is 0.899. The molecule has 12 rings (SSSR count). The van der Waals surface area contributed by atoms with Crippen LogP contribution in [0.4, 0.5) is 17.1 Å². The minimum Gasteiger partial charge on any atom is -0.455 e. The summed E-state index contributed by atoms with van der Waals surface area (Å²) in [6, 6.07) is 81.3. The van der Waals surface area contributed by atoms with E-state index < -0.39 is 0 Å². The third kappa shape index (κ3) is 5.57. The van der Waals surface area contributed by atoms with Crippen molar-refractivity contribution >= 4 is 82.1 Å². The Hall–Kier alpha value is -7.94. The molecule has 280 valence electrons. The van der Waals surface area contributed by atoms with Gasteiger partial charge in [0.25, 0.3) is 0 Å². The van der Waals surface area contributed by atoms with Crippen LogP contribution < -0.4 is 4.90 Å². The van der Waals surface area contributed by atoms with Crippen molar-refractivity contribution in [2.45, 2.75) is 0 Å². The monoisotopic (exact) mass is 763 g/mol. The van der Waals surface area contributed by atoms with Gasteiger partial charge in [-0.15, -0.1) is 0 Å². The van der Waals surface area contributed by atoms with Crippen LogP contribution in [0.25, 0.3) is 98.4 Å². The number of nitrogens with zero attached hydrogens (tertiary/aromatic N) is 1. The first-order chi connectivity index (χ1) is 29.7. The van der Waals surface area contributed by atoms with Gasteiger partial charge in [-0.2, -0.15) is 0 Å². The fourth-order valence-corrected chi connectivity index (χ4v) is 9.36. The Morgan fingerprint density at radius 2 is 0.883 bits per heavy atom. The van der Waals surface area contributed by atoms with Crippen molar-refractivity contribution in [3.8, 4) is 33.4 Å². The van der Waals surface area contributed by atoms with Crippen molar-refractivity contribution in [3.63, 3.8) is 0 Å². The fraction of sp³-hybridized carbons (Fsp3) is 0. The topological polar surface area (TPSA) is 16.4 Å². The first kappa shape index (κ1) is 34.1. The lowest BCUT2D eigenvalue weighted by Gasteiger charge is -2.28. The van der Waals surface area contributed by atoms with E-state index in [0.29, 0.717) is 0 Å². The first-order valence-corrected chi connectivity index (χ1v) is 20.6. The van der Waals surface area contributed by atoms with Gasteiger partial charge in [0, 0.05) is 32.9 Å². The van der Waals surface area contributed by atoms with Crippen LogP contribution in [-0.4, -0.2) is 0 Å². The highest BCUT2D eigenvalue weighted by Crippen LogP contribution is 2.46. The molecule has 0 fully saturated rings. The third-order valence-corrected chi connectivity index (χ3v) is 12.2. The van der Waals surface area contributed by atoms with E-state index in [-0.39, 0.29) is 0 Å². The molecule has 1 heterocycles. The summed E-state index contributed by atoms with van der Waals surface area (Å²) >= 11 is 0. The van der Waals surface area contributed by atoms with Gasteiger partial charge in [-0.1, -0.05) is 176 Å². The highest BCUT2D eigenvalue weighted by Gasteiger charge is 2.21. The molecule has 0 saturated heterocycles. The summed E-state index contributed by atoms with van der Waals surface area (Å²) in [7, 11) is 0. The van der Waals surface area contributed by atoms with Crippen LogP contribution in [0.2, 0.25) is 0 Å². The number of anilines is 3. The lowest BCUT2D eigenvalue weighted by Crippen LogP contribution is -2.11. The molecule has 2 nitrogen and oxygen atoms in total. The lowest BCUT2D eigenvalue weighted by atomic mass is 9.90. The summed E-state index contributed by atoms with van der Waals surface area (Å²) in [6.45, 7) is 0. The average molecular weight is 764 g/mol. The van der Waals surface area contributed by atoms with Gasteiger partial charge in [-0.25, -0.2) is 0 Å². The molecule has 0 unspecified atom stereocenters. The Morgan fingerprint density at radius 1 is 0.283 bits per heavy atom. The standard InChI is InChI=1S/C58H37NO/c1-2-13-38(14-3-1)39-25-27-40(28-26-39)42-16-12-17-44(35-42)59(45-31-29-41-30-32-53-52-23-10-11-24-57(52)60-58(53)54(41)37-45)56-34-33-50(48-20-8-9-22-51(48)56)55-36-43-15-4-5-18-46(43)47-19-6-7-21-49(47)55/h1-37H. The average Bonchev–Trinajstić information content (AvgIpc) is 3.71. The maximum absolute atomic E-state index is 6.61. The highest BCUT2D eigenvalue weighted by atomic mass is 16.3. The second-order valence-corrected chi connectivity index (χ2v) is 15.6. The van der Waals surface area contributed by atoms with E-state index in [4.69, 9.17) is 4.42 Å². The van der Waals surface area contributed by atoms with Gasteiger partial charge in [0.05, 0.1) is 5.69 Å². The molecular weight excluding hydrogens is 727 g/mol. The Bertz CT molecular complexity index is 3600. The normalized spacial score (nSPS) is 11.7. The van der Waals surface area contributed by atoms with E-state index in [1.807, 2.05) is 6.07 Å². The van der Waals surface area contributed by atoms with Gasteiger partial charge in [0.2, 0.25) is 0 Å². The van der Waals surface area contributed by atoms with Crippen LogP contribution in [0.1, 0.15) is 0 Å². The first-order valence-electron chi connectivity index (χ1n) is 20.6. The molecule has 0 aliphatic rings. The molecule has 0 atom stereocenters. The van der Waals surface area contributed by atoms with Crippen LogP contribution in [0.15, 0.2) is 229 Å². The van der Waals surface area contributed by atoms with Gasteiger partial charge in [0.15, 0.2) is 0 Å². The quantitative estimate of drug-likeness (QED) is 0.157. The summed E-state index contributed by atoms with van der Waals surface area (Å²) in [6.07, 6.45) is 0. The van der Waals surface area contributed by atoms with Crippen molar-refractivity contribution in [2.24, 2.45) is 0 Å². The second kappa shape index (κ2) is 13.9. The number of benzene rings is 11. The number of furan rings is 1. The van der Waals surface area contributed by atoms with Crippen molar-refractivity contribution < 1.29 is 4.42 Å². The van der Waals surface area contributed by atoms with Gasteiger partial charge < -0.3 is 9.32 Å². The Morgan fingerprint density at radius 3 is 1.70 bits per heavy atom. The number of para-hydroxylation sites is 1. The molecule has 0 N–H and O–H groups in total. The molecule has 2 heteroatoms. The van der Waals surface area contributed by atoms with E-state index >= 15 is 0 Å². The SMILES string of the molecule is c1ccc(-c2ccc(-c3cccc(N(c4ccc5ccc6c7ccccc7oc6c5c4)c4ccc(-c5cc6ccccc6c6ccccc56)c5ccccc45)c3)cc2)cc1. The smallest absolute Gasteiger partial charge is 0.143 e. The van der Waals surface area contributed by atoms with Crippen molar-refractivity contribution in [2.75, 3.05) is 4.90 Å². The zero-order chi connectivity index (χ0) is 39.6. The summed E-state index contributed by atoms with van der Waals surface area (Å²) in [5, 5.41) is 11.9. The molecule has 11 aromatic carbocycles. The zero-order valence-corrected chi connectivity index (χ0v) is 32.7. The highest BCUT2D eigenvalue weighted by molar-refractivity contribution is 6.18. The number of hydrogen-bond donors (Lipinski definition) is 0. The van der Waals surface area contributed by atoms with E-state index in [1.165, 1.54) is 60.1 Å². The van der Waals surface area contributed by atoms with Crippen LogP contribution in [0.3, 0.4) is 0 Å². The lowest BCUT2D eigenvalue weighted by molar-refractivity contribution is 0.672. The predicted octanol–water partition coefficient (Wildman–Crippen LogP) is 16.7. The maximum atomic E-state index is 6.61. The van der Waals surface area contributed by atoms with Crippen LogP contribution in [-0.2, 0) is 0 Å². The molecular formula is C58H37NO. The van der Waals surface area contributed by atoms with E-state index in [1.54, 1.807) is 0 Å². The number of fused-ring (bicyclic) bond motifs is 9. The van der Waals surface area contributed by atoms with Gasteiger partial charge in [0.1, 0.15) is 11.2 Å². The van der Waals surface area contributed by atoms with Crippen LogP contribution >= 0.6 is 0 Å². The molecule has 0 bridgehead atoms. The van der Waals surface area contributed by atoms with Crippen molar-refractivity contribution in [3.05, 3.63) is 224 Å². The van der Waals surface area contributed by atoms with Crippen molar-refractivity contribution in [1.29, 1.82) is 0 Å². The van der Waals surface area contributed by atoms with Gasteiger partial charge >= 0.3 is 0 Å². The number of rotatable bonds is 6. The van der Waals surface area contributed by atoms with Crippen molar-refractivity contribution in [1.82, 2.24) is 0 Å². The fourth-order valence-electron chi connectivity index (χ4n) is 9.36. The van der Waals surface area contributed by atoms with E-state index in [9.17, 15) is 0 Å². The third-order valence-electron chi connectivity index (χ3n) is 12.2. The Labute approximate surface area is 347 Å². The summed E-state index contributed by atoms with van der Waals surface area (Å²) in [5.41, 5.74) is 12.2. The molecule has 1 aromatic heterocycles. The molecule has 0 saturated carbocycles. The summed E-state index contributed by atoms with van der Waals surface area (Å²) < 4.78 is 6.61. The summed E-state index contributed by atoms with van der Waals surface area (Å²) in [4.78, 5) is 2.42. The van der Waals surface area contributed by atoms with E-state index in [0.717, 1.165) is 55.3 Å². The maximum Gasteiger partial charge on any atom is 0.143 e. The predicted molar refractivity (Wildman–Crippen MR) is 255 cm³/mol. The van der Waals surface area contributed by atoms with E-state index in [2.05, 4.69) is 223 Å². The Balaban J connectivity index is 1.08. The molecule has 0 radical (unpaired) electrons. The molecule has 12 aromatic rings. The summed E-state index contributed by atoms with van der Waals surface area (Å²) in [5.74, 6) is 0. The second-order valence-electron chi connectivity index (χ2n) is 15.6. The Kier molecular flexibility index (Phi) is 7.89. The molecule has 60 heavy (non-hydrogen) atoms. The molecule has 0 amide bonds. The minimum atomic E-state index is 0.899. The van der Waals surface area contributed by atoms with Crippen LogP contribution in [0.5, 0.6) is 0 Å². The van der Waals surface area contributed by atoms with Crippen LogP contribution in [0, 0.1) is 0 Å². The van der Waals surface area contributed by atoms with Gasteiger partial charge in [-0.05, 0) is 114 Å². The largest absolute Gasteiger partial charge is 0.455 e. The molecule has 0 aliphatic carbocycles. The molecule has 0 spiro atoms. The zero-order valence-electron chi connectivity index (χ0n) is 32.7. The number of hydrogen-bond acceptors (Lipinski definition) is 2. The van der Waals surface area contributed by atoms with Gasteiger partial charge in [-0.3, -0.25) is 0 Å². The molecule has 0 aliphatic heterocycles.